The molecular formula is C34H33IN2O2S. The number of allylic oxidation sites excluding steroid dienone is 4. The highest BCUT2D eigenvalue weighted by Crippen LogP contribution is 2.42. The second kappa shape index (κ2) is 12.5. The van der Waals surface area contributed by atoms with Crippen molar-refractivity contribution in [3.63, 3.8) is 0 Å². The van der Waals surface area contributed by atoms with E-state index in [0.717, 1.165) is 42.6 Å². The molecule has 6 heteroatoms. The summed E-state index contributed by atoms with van der Waals surface area (Å²) in [6.45, 7) is 8.22. The SMILES string of the molecule is CCC(=CC1OC2=CC=C(c3ccccc3)SC2=[N+]1CC)C=C1Oc2ccc(-c3ccccc3)cc2N1CC.[I-]. The third-order valence-electron chi connectivity index (χ3n) is 7.25. The van der Waals surface area contributed by atoms with E-state index in [1.165, 1.54) is 32.2 Å². The van der Waals surface area contributed by atoms with Crippen LogP contribution in [0.3, 0.4) is 0 Å². The number of ether oxygens (including phenoxy) is 2. The van der Waals surface area contributed by atoms with E-state index in [0.29, 0.717) is 0 Å². The summed E-state index contributed by atoms with van der Waals surface area (Å²) in [4.78, 5) is 3.49. The van der Waals surface area contributed by atoms with Crippen LogP contribution in [0, 0.1) is 0 Å². The van der Waals surface area contributed by atoms with Crippen molar-refractivity contribution in [3.8, 4) is 16.9 Å². The van der Waals surface area contributed by atoms with Gasteiger partial charge in [-0.05, 0) is 78.6 Å². The molecule has 3 aromatic rings. The molecule has 1 atom stereocenters. The summed E-state index contributed by atoms with van der Waals surface area (Å²) in [5.41, 5.74) is 5.92. The van der Waals surface area contributed by atoms with Gasteiger partial charge in [-0.1, -0.05) is 73.7 Å². The highest BCUT2D eigenvalue weighted by molar-refractivity contribution is 8.22. The normalized spacial score (nSPS) is 18.9. The van der Waals surface area contributed by atoms with Crippen molar-refractivity contribution in [1.82, 2.24) is 0 Å². The fraction of sp³-hybridized carbons (Fsp3) is 0.206. The number of hydrogen-bond acceptors (Lipinski definition) is 4. The molecule has 4 nitrogen and oxygen atoms in total. The Bertz CT molecular complexity index is 1540. The lowest BCUT2D eigenvalue weighted by Gasteiger charge is -2.17. The number of thioether (sulfide) groups is 1. The number of anilines is 1. The topological polar surface area (TPSA) is 24.7 Å². The van der Waals surface area contributed by atoms with E-state index in [9.17, 15) is 0 Å². The van der Waals surface area contributed by atoms with Gasteiger partial charge in [-0.2, -0.15) is 4.58 Å². The van der Waals surface area contributed by atoms with Gasteiger partial charge < -0.3 is 38.4 Å². The van der Waals surface area contributed by atoms with Crippen molar-refractivity contribution in [2.75, 3.05) is 18.0 Å². The first-order valence-corrected chi connectivity index (χ1v) is 14.5. The first-order chi connectivity index (χ1) is 19.2. The lowest BCUT2D eigenvalue weighted by molar-refractivity contribution is -0.576. The van der Waals surface area contributed by atoms with E-state index in [2.05, 4.69) is 127 Å². The van der Waals surface area contributed by atoms with E-state index >= 15 is 0 Å². The molecule has 0 saturated heterocycles. The average molecular weight is 661 g/mol. The molecule has 0 radical (unpaired) electrons. The molecule has 0 aliphatic carbocycles. The Balaban J connectivity index is 0.00000323. The highest BCUT2D eigenvalue weighted by atomic mass is 127. The number of likely N-dealkylation sites (N-methyl/N-ethyl adjacent to an activating group) is 1. The molecule has 0 aromatic heterocycles. The van der Waals surface area contributed by atoms with Gasteiger partial charge in [0, 0.05) is 23.6 Å². The van der Waals surface area contributed by atoms with Crippen LogP contribution >= 0.6 is 11.8 Å². The van der Waals surface area contributed by atoms with Crippen molar-refractivity contribution in [3.05, 3.63) is 126 Å². The first-order valence-electron chi connectivity index (χ1n) is 13.7. The Morgan fingerprint density at radius 3 is 2.30 bits per heavy atom. The second-order valence-corrected chi connectivity index (χ2v) is 10.6. The summed E-state index contributed by atoms with van der Waals surface area (Å²) >= 11 is 1.79. The Hall–Kier alpha value is -3.23. The zero-order chi connectivity index (χ0) is 26.8. The number of benzene rings is 3. The van der Waals surface area contributed by atoms with Crippen LogP contribution in [-0.2, 0) is 4.74 Å². The molecule has 0 saturated carbocycles. The van der Waals surface area contributed by atoms with Crippen LogP contribution in [0.1, 0.15) is 32.8 Å². The summed E-state index contributed by atoms with van der Waals surface area (Å²) in [7, 11) is 0. The number of rotatable bonds is 7. The van der Waals surface area contributed by atoms with Gasteiger partial charge in [0.25, 0.3) is 5.04 Å². The van der Waals surface area contributed by atoms with E-state index in [1.54, 1.807) is 11.8 Å². The molecule has 0 N–H and O–H groups in total. The minimum absolute atomic E-state index is 0. The number of nitrogens with zero attached hydrogens (tertiary/aromatic N) is 2. The molecule has 40 heavy (non-hydrogen) atoms. The van der Waals surface area contributed by atoms with Gasteiger partial charge in [-0.25, -0.2) is 0 Å². The average Bonchev–Trinajstić information content (AvgIpc) is 3.53. The van der Waals surface area contributed by atoms with Crippen LogP contribution in [0.2, 0.25) is 0 Å². The van der Waals surface area contributed by atoms with E-state index in [-0.39, 0.29) is 30.2 Å². The van der Waals surface area contributed by atoms with Gasteiger partial charge in [0.2, 0.25) is 11.6 Å². The number of fused-ring (bicyclic) bond motifs is 2. The van der Waals surface area contributed by atoms with Crippen LogP contribution in [0.5, 0.6) is 5.75 Å². The Labute approximate surface area is 258 Å². The monoisotopic (exact) mass is 660 g/mol. The van der Waals surface area contributed by atoms with Crippen LogP contribution in [0.25, 0.3) is 16.0 Å². The molecule has 0 spiro atoms. The molecule has 3 aliphatic rings. The molecule has 3 aliphatic heterocycles. The zero-order valence-electron chi connectivity index (χ0n) is 23.0. The van der Waals surface area contributed by atoms with Crippen LogP contribution in [0.15, 0.2) is 120 Å². The van der Waals surface area contributed by atoms with Gasteiger partial charge in [0.15, 0.2) is 5.75 Å². The molecular weight excluding hydrogens is 627 g/mol. The van der Waals surface area contributed by atoms with E-state index < -0.39 is 0 Å². The lowest BCUT2D eigenvalue weighted by Crippen LogP contribution is -3.00. The summed E-state index contributed by atoms with van der Waals surface area (Å²) in [6, 6.07) is 27.5. The van der Waals surface area contributed by atoms with Crippen molar-refractivity contribution in [1.29, 1.82) is 0 Å². The Morgan fingerprint density at radius 2 is 1.62 bits per heavy atom. The Kier molecular flexibility index (Phi) is 8.86. The minimum Gasteiger partial charge on any atom is -1.00 e. The third-order valence-corrected chi connectivity index (χ3v) is 8.47. The van der Waals surface area contributed by atoms with Gasteiger partial charge in [0.05, 0.1) is 5.69 Å². The maximum Gasteiger partial charge on any atom is 0.318 e. The van der Waals surface area contributed by atoms with Crippen LogP contribution < -0.4 is 33.6 Å². The fourth-order valence-corrected chi connectivity index (χ4v) is 6.34. The van der Waals surface area contributed by atoms with Gasteiger partial charge in [-0.3, -0.25) is 0 Å². The standard InChI is InChI=1S/C34H33N2O2S.HI/c1-4-24(21-32-35(5-2)28-23-27(17-18-29(28)37-32)25-13-9-7-10-14-25)22-33-36(6-3)34-30(38-33)19-20-31(39-34)26-15-11-8-12-16-26;/h7-23,33H,4-6H2,1-3H3;1H/q+1;/p-1. The fourth-order valence-electron chi connectivity index (χ4n) is 5.17. The number of halogens is 1. The maximum atomic E-state index is 6.45. The second-order valence-electron chi connectivity index (χ2n) is 9.60. The smallest absolute Gasteiger partial charge is 0.318 e. The van der Waals surface area contributed by atoms with Gasteiger partial charge in [0.1, 0.15) is 6.54 Å². The molecule has 3 heterocycles. The summed E-state index contributed by atoms with van der Waals surface area (Å²) in [5, 5.41) is 1.18. The molecule has 0 bridgehead atoms. The largest absolute Gasteiger partial charge is 1.00 e. The summed E-state index contributed by atoms with van der Waals surface area (Å²) in [5.74, 6) is 2.70. The van der Waals surface area contributed by atoms with Gasteiger partial charge >= 0.3 is 6.23 Å². The lowest BCUT2D eigenvalue weighted by atomic mass is 10.0. The molecule has 0 fully saturated rings. The number of hydrogen-bond donors (Lipinski definition) is 0. The molecule has 6 rings (SSSR count). The highest BCUT2D eigenvalue weighted by Gasteiger charge is 2.39. The zero-order valence-corrected chi connectivity index (χ0v) is 26.0. The van der Waals surface area contributed by atoms with Gasteiger partial charge in [-0.15, -0.1) is 0 Å². The van der Waals surface area contributed by atoms with Crippen molar-refractivity contribution in [2.24, 2.45) is 0 Å². The van der Waals surface area contributed by atoms with Crippen molar-refractivity contribution in [2.45, 2.75) is 33.4 Å². The maximum absolute atomic E-state index is 6.45. The van der Waals surface area contributed by atoms with E-state index in [1.807, 2.05) is 6.07 Å². The summed E-state index contributed by atoms with van der Waals surface area (Å²) in [6.07, 6.45) is 9.40. The van der Waals surface area contributed by atoms with E-state index in [4.69, 9.17) is 9.47 Å². The minimum atomic E-state index is -0.150. The van der Waals surface area contributed by atoms with Crippen molar-refractivity contribution >= 4 is 27.4 Å². The quantitative estimate of drug-likeness (QED) is 0.257. The predicted octanol–water partition coefficient (Wildman–Crippen LogP) is 5.21. The molecule has 204 valence electrons. The first kappa shape index (κ1) is 28.3. The van der Waals surface area contributed by atoms with Crippen LogP contribution in [-0.4, -0.2) is 28.9 Å². The molecule has 1 unspecified atom stereocenters. The molecule has 0 amide bonds. The van der Waals surface area contributed by atoms with Crippen LogP contribution in [0.4, 0.5) is 5.69 Å². The van der Waals surface area contributed by atoms with Crippen molar-refractivity contribution < 1.29 is 38.0 Å². The predicted molar refractivity (Wildman–Crippen MR) is 163 cm³/mol. The molecule has 3 aromatic carbocycles. The third kappa shape index (κ3) is 5.52. The summed E-state index contributed by atoms with van der Waals surface area (Å²) < 4.78 is 15.2. The Morgan fingerprint density at radius 1 is 0.900 bits per heavy atom.